The van der Waals surface area contributed by atoms with Gasteiger partial charge in [-0.15, -0.1) is 0 Å². The van der Waals surface area contributed by atoms with Crippen molar-refractivity contribution in [3.63, 3.8) is 0 Å². The highest BCUT2D eigenvalue weighted by molar-refractivity contribution is 5.92. The van der Waals surface area contributed by atoms with Crippen LogP contribution in [0.3, 0.4) is 0 Å². The van der Waals surface area contributed by atoms with Crippen molar-refractivity contribution in [2.75, 3.05) is 13.1 Å². The number of hydrogen-bond acceptors (Lipinski definition) is 9. The SMILES string of the molecule is Cc1cc(-c2ccc(O)c(C[C@H](NC(=O)OC(C)(C)C)C(=O)N[C@@H](CCCNC(=O)OC(C)(C)C)C(=O)NCC(=O)O)c2)ccc1O. The molecule has 0 heterocycles. The van der Waals surface area contributed by atoms with Crippen LogP contribution in [0.4, 0.5) is 9.59 Å². The van der Waals surface area contributed by atoms with Crippen molar-refractivity contribution in [1.82, 2.24) is 21.3 Å². The van der Waals surface area contributed by atoms with Gasteiger partial charge in [-0.3, -0.25) is 14.4 Å². The zero-order valence-corrected chi connectivity index (χ0v) is 27.9. The quantitative estimate of drug-likeness (QED) is 0.156. The molecule has 0 saturated heterocycles. The molecule has 7 N–H and O–H groups in total. The molecule has 2 aromatic carbocycles. The van der Waals surface area contributed by atoms with Gasteiger partial charge in [0.05, 0.1) is 0 Å². The Labute approximate surface area is 274 Å². The molecular formula is C33H46N4O10. The first-order chi connectivity index (χ1) is 21.7. The molecule has 0 spiro atoms. The highest BCUT2D eigenvalue weighted by Crippen LogP contribution is 2.30. The third-order valence-corrected chi connectivity index (χ3v) is 6.43. The second-order valence-electron chi connectivity index (χ2n) is 13.0. The lowest BCUT2D eigenvalue weighted by molar-refractivity contribution is -0.138. The number of carbonyl (C=O) groups excluding carboxylic acids is 4. The first-order valence-electron chi connectivity index (χ1n) is 15.1. The van der Waals surface area contributed by atoms with Gasteiger partial charge in [0.2, 0.25) is 11.8 Å². The third-order valence-electron chi connectivity index (χ3n) is 6.43. The van der Waals surface area contributed by atoms with Gasteiger partial charge in [-0.2, -0.15) is 0 Å². The maximum Gasteiger partial charge on any atom is 0.408 e. The molecule has 0 aromatic heterocycles. The van der Waals surface area contributed by atoms with Crippen molar-refractivity contribution >= 4 is 30.0 Å². The van der Waals surface area contributed by atoms with Crippen LogP contribution in [-0.4, -0.2) is 81.7 Å². The topological polar surface area (TPSA) is 213 Å². The van der Waals surface area contributed by atoms with E-state index < -0.39 is 59.8 Å². The maximum absolute atomic E-state index is 13.7. The molecule has 0 radical (unpaired) electrons. The lowest BCUT2D eigenvalue weighted by Crippen LogP contribution is -2.55. The highest BCUT2D eigenvalue weighted by atomic mass is 16.6. The summed E-state index contributed by atoms with van der Waals surface area (Å²) >= 11 is 0. The number of amides is 4. The Bertz CT molecular complexity index is 1450. The lowest BCUT2D eigenvalue weighted by atomic mass is 9.97. The van der Waals surface area contributed by atoms with Crippen molar-refractivity contribution in [2.24, 2.45) is 0 Å². The zero-order valence-electron chi connectivity index (χ0n) is 27.9. The van der Waals surface area contributed by atoms with Crippen LogP contribution in [0.2, 0.25) is 0 Å². The highest BCUT2D eigenvalue weighted by Gasteiger charge is 2.30. The average molecular weight is 659 g/mol. The Hall–Kier alpha value is -5.01. The number of phenolic OH excluding ortho intramolecular Hbond substituents is 2. The summed E-state index contributed by atoms with van der Waals surface area (Å²) < 4.78 is 10.5. The van der Waals surface area contributed by atoms with Gasteiger partial charge in [-0.1, -0.05) is 12.1 Å². The fourth-order valence-corrected chi connectivity index (χ4v) is 4.28. The second-order valence-corrected chi connectivity index (χ2v) is 13.0. The predicted octanol–water partition coefficient (Wildman–Crippen LogP) is 3.50. The number of rotatable bonds is 13. The normalized spacial score (nSPS) is 12.7. The Kier molecular flexibility index (Phi) is 13.4. The summed E-state index contributed by atoms with van der Waals surface area (Å²) in [5.74, 6) is -2.93. The summed E-state index contributed by atoms with van der Waals surface area (Å²) in [6.45, 7) is 11.2. The van der Waals surface area contributed by atoms with Crippen LogP contribution in [0.25, 0.3) is 11.1 Å². The fourth-order valence-electron chi connectivity index (χ4n) is 4.28. The van der Waals surface area contributed by atoms with Gasteiger partial charge in [0.15, 0.2) is 0 Å². The molecule has 0 fully saturated rings. The number of carboxylic acid groups (broad SMARTS) is 1. The number of nitrogens with one attached hydrogen (secondary N) is 4. The van der Waals surface area contributed by atoms with E-state index in [2.05, 4.69) is 21.3 Å². The Morgan fingerprint density at radius 1 is 0.745 bits per heavy atom. The van der Waals surface area contributed by atoms with Crippen molar-refractivity contribution < 1.29 is 48.8 Å². The molecule has 2 rings (SSSR count). The van der Waals surface area contributed by atoms with Crippen LogP contribution in [0.1, 0.15) is 65.5 Å². The lowest BCUT2D eigenvalue weighted by Gasteiger charge is -2.25. The monoisotopic (exact) mass is 658 g/mol. The minimum absolute atomic E-state index is 0.00686. The summed E-state index contributed by atoms with van der Waals surface area (Å²) in [6, 6.07) is 7.14. The summed E-state index contributed by atoms with van der Waals surface area (Å²) in [6.07, 6.45) is -1.61. The standard InChI is InChI=1S/C33H46N4O10/c1-19-15-20(10-12-25(19)38)21-11-13-26(39)22(16-21)17-24(37-31(45)47-33(5,6)7)29(43)36-23(28(42)35-18-27(40)41)9-8-14-34-30(44)46-32(2,3)4/h10-13,15-16,23-24,38-39H,8-9,14,17-18H2,1-7H3,(H,34,44)(H,35,42)(H,36,43)(H,37,45)(H,40,41)/t23-,24-/m0/s1. The molecule has 14 heteroatoms. The van der Waals surface area contributed by atoms with Gasteiger partial charge < -0.3 is 46.1 Å². The van der Waals surface area contributed by atoms with Gasteiger partial charge in [0.1, 0.15) is 41.3 Å². The Morgan fingerprint density at radius 3 is 1.89 bits per heavy atom. The molecule has 0 aliphatic rings. The predicted molar refractivity (Wildman–Crippen MR) is 173 cm³/mol. The molecule has 0 bridgehead atoms. The molecule has 0 saturated carbocycles. The van der Waals surface area contributed by atoms with E-state index in [0.29, 0.717) is 11.1 Å². The third kappa shape index (κ3) is 13.9. The van der Waals surface area contributed by atoms with Crippen molar-refractivity contribution in [3.05, 3.63) is 47.5 Å². The van der Waals surface area contributed by atoms with E-state index in [1.807, 2.05) is 0 Å². The van der Waals surface area contributed by atoms with E-state index in [1.54, 1.807) is 72.7 Å². The molecule has 0 unspecified atom stereocenters. The van der Waals surface area contributed by atoms with E-state index >= 15 is 0 Å². The molecule has 2 atom stereocenters. The number of aromatic hydroxyl groups is 2. The minimum atomic E-state index is -1.35. The molecular weight excluding hydrogens is 612 g/mol. The first-order valence-corrected chi connectivity index (χ1v) is 15.1. The van der Waals surface area contributed by atoms with Crippen LogP contribution in [0, 0.1) is 6.92 Å². The number of alkyl carbamates (subject to hydrolysis) is 2. The number of carboxylic acids is 1. The molecule has 0 aliphatic heterocycles. The number of hydrogen-bond donors (Lipinski definition) is 7. The van der Waals surface area contributed by atoms with Crippen molar-refractivity contribution in [2.45, 2.75) is 91.0 Å². The summed E-state index contributed by atoms with van der Waals surface area (Å²) in [5, 5.41) is 39.5. The minimum Gasteiger partial charge on any atom is -0.508 e. The van der Waals surface area contributed by atoms with E-state index in [0.717, 1.165) is 5.56 Å². The number of ether oxygens (including phenoxy) is 2. The van der Waals surface area contributed by atoms with Crippen LogP contribution < -0.4 is 21.3 Å². The summed E-state index contributed by atoms with van der Waals surface area (Å²) in [5.41, 5.74) is 0.709. The van der Waals surface area contributed by atoms with Crippen LogP contribution in [0.5, 0.6) is 11.5 Å². The van der Waals surface area contributed by atoms with E-state index in [-0.39, 0.29) is 42.9 Å². The fraction of sp³-hybridized carbons (Fsp3) is 0.485. The summed E-state index contributed by atoms with van der Waals surface area (Å²) in [4.78, 5) is 62.5. The van der Waals surface area contributed by atoms with Crippen LogP contribution in [0.15, 0.2) is 36.4 Å². The zero-order chi connectivity index (χ0) is 35.5. The smallest absolute Gasteiger partial charge is 0.408 e. The molecule has 2 aromatic rings. The van der Waals surface area contributed by atoms with Gasteiger partial charge in [0, 0.05) is 13.0 Å². The summed E-state index contributed by atoms with van der Waals surface area (Å²) in [7, 11) is 0. The van der Waals surface area contributed by atoms with Crippen LogP contribution in [-0.2, 0) is 30.3 Å². The largest absolute Gasteiger partial charge is 0.508 e. The van der Waals surface area contributed by atoms with Crippen molar-refractivity contribution in [1.29, 1.82) is 0 Å². The molecule has 14 nitrogen and oxygen atoms in total. The molecule has 258 valence electrons. The first kappa shape index (κ1) is 38.2. The van der Waals surface area contributed by atoms with Gasteiger partial charge in [-0.05, 0) is 108 Å². The van der Waals surface area contributed by atoms with Gasteiger partial charge in [0.25, 0.3) is 0 Å². The number of aliphatic carboxylic acids is 1. The Morgan fingerprint density at radius 2 is 1.32 bits per heavy atom. The molecule has 0 aliphatic carbocycles. The molecule has 4 amide bonds. The second kappa shape index (κ2) is 16.5. The maximum atomic E-state index is 13.7. The van der Waals surface area contributed by atoms with Gasteiger partial charge >= 0.3 is 18.2 Å². The number of phenols is 2. The number of benzene rings is 2. The van der Waals surface area contributed by atoms with Gasteiger partial charge in [-0.25, -0.2) is 9.59 Å². The molecule has 47 heavy (non-hydrogen) atoms. The van der Waals surface area contributed by atoms with Crippen LogP contribution >= 0.6 is 0 Å². The number of carbonyl (C=O) groups is 5. The number of aryl methyl sites for hydroxylation is 1. The van der Waals surface area contributed by atoms with E-state index in [9.17, 15) is 34.2 Å². The van der Waals surface area contributed by atoms with E-state index in [1.165, 1.54) is 12.1 Å². The van der Waals surface area contributed by atoms with Crippen molar-refractivity contribution in [3.8, 4) is 22.6 Å². The van der Waals surface area contributed by atoms with E-state index in [4.69, 9.17) is 14.6 Å². The average Bonchev–Trinajstić information content (AvgIpc) is 2.93. The Balaban J connectivity index is 2.33.